The van der Waals surface area contributed by atoms with Crippen molar-refractivity contribution in [3.63, 3.8) is 0 Å². The summed E-state index contributed by atoms with van der Waals surface area (Å²) < 4.78 is 25.8. The summed E-state index contributed by atoms with van der Waals surface area (Å²) in [7, 11) is -3.40. The molecule has 0 saturated heterocycles. The van der Waals surface area contributed by atoms with Crippen LogP contribution in [0.4, 0.5) is 5.69 Å². The van der Waals surface area contributed by atoms with Crippen molar-refractivity contribution in [2.24, 2.45) is 5.92 Å². The molecule has 23 heavy (non-hydrogen) atoms. The summed E-state index contributed by atoms with van der Waals surface area (Å²) in [5.41, 5.74) is 1.69. The first kappa shape index (κ1) is 17.8. The van der Waals surface area contributed by atoms with Crippen LogP contribution in [0, 0.1) is 5.92 Å². The number of nitrogens with zero attached hydrogens (tertiary/aromatic N) is 1. The van der Waals surface area contributed by atoms with Gasteiger partial charge in [-0.2, -0.15) is 0 Å². The van der Waals surface area contributed by atoms with E-state index in [4.69, 9.17) is 0 Å². The maximum absolute atomic E-state index is 12.2. The number of para-hydroxylation sites is 1. The molecule has 0 spiro atoms. The number of carbonyl (C=O) groups is 1. The number of hydrogen-bond acceptors (Lipinski definition) is 3. The van der Waals surface area contributed by atoms with Crippen LogP contribution in [0.25, 0.3) is 0 Å². The van der Waals surface area contributed by atoms with E-state index >= 15 is 0 Å². The monoisotopic (exact) mass is 338 g/mol. The highest BCUT2D eigenvalue weighted by Gasteiger charge is 2.26. The fourth-order valence-electron chi connectivity index (χ4n) is 2.76. The first-order valence-corrected chi connectivity index (χ1v) is 10.00. The summed E-state index contributed by atoms with van der Waals surface area (Å²) in [5, 5.41) is 2.86. The summed E-state index contributed by atoms with van der Waals surface area (Å²) >= 11 is 0. The maximum Gasteiger partial charge on any atom is 0.232 e. The molecule has 1 saturated carbocycles. The molecule has 0 heterocycles. The van der Waals surface area contributed by atoms with E-state index in [0.717, 1.165) is 24.8 Å². The summed E-state index contributed by atoms with van der Waals surface area (Å²) in [6.07, 6.45) is 4.20. The second-order valence-electron chi connectivity index (χ2n) is 6.47. The number of nitrogens with one attached hydrogen (secondary N) is 1. The van der Waals surface area contributed by atoms with Crippen LogP contribution in [0.2, 0.25) is 0 Å². The predicted molar refractivity (Wildman–Crippen MR) is 93.1 cm³/mol. The molecule has 1 fully saturated rings. The maximum atomic E-state index is 12.2. The van der Waals surface area contributed by atoms with Crippen molar-refractivity contribution in [2.75, 3.05) is 23.7 Å². The fraction of sp³-hybridized carbons (Fsp3) is 0.588. The van der Waals surface area contributed by atoms with Crippen LogP contribution in [-0.2, 0) is 14.8 Å². The molecule has 0 bridgehead atoms. The molecule has 6 heteroatoms. The number of benzene rings is 1. The Morgan fingerprint density at radius 1 is 1.30 bits per heavy atom. The van der Waals surface area contributed by atoms with Crippen LogP contribution in [0.15, 0.2) is 24.3 Å². The lowest BCUT2D eigenvalue weighted by Crippen LogP contribution is -2.41. The van der Waals surface area contributed by atoms with Gasteiger partial charge in [0.15, 0.2) is 0 Å². The van der Waals surface area contributed by atoms with E-state index in [2.05, 4.69) is 5.32 Å². The molecule has 1 N–H and O–H groups in total. The molecule has 1 aromatic rings. The molecule has 1 aliphatic rings. The zero-order valence-electron chi connectivity index (χ0n) is 14.1. The molecule has 0 aliphatic heterocycles. The molecule has 128 valence electrons. The molecule has 1 aromatic carbocycles. The van der Waals surface area contributed by atoms with Crippen LogP contribution in [-0.4, -0.2) is 33.7 Å². The smallest absolute Gasteiger partial charge is 0.232 e. The first-order chi connectivity index (χ1) is 10.8. The Hall–Kier alpha value is -1.56. The quantitative estimate of drug-likeness (QED) is 0.830. The van der Waals surface area contributed by atoms with Crippen molar-refractivity contribution in [3.8, 4) is 0 Å². The van der Waals surface area contributed by atoms with Gasteiger partial charge < -0.3 is 5.32 Å². The Labute approximate surface area is 139 Å². The van der Waals surface area contributed by atoms with Gasteiger partial charge in [0.25, 0.3) is 0 Å². The largest absolute Gasteiger partial charge is 0.354 e. The van der Waals surface area contributed by atoms with E-state index in [1.165, 1.54) is 10.6 Å². The van der Waals surface area contributed by atoms with Gasteiger partial charge in [-0.05, 0) is 30.4 Å². The molecule has 0 atom stereocenters. The standard InChI is InChI=1S/C17H26N2O3S/c1-13(2)15-9-4-5-10-16(15)19(23(3,21)22)12-11-18-17(20)14-7-6-8-14/h4-5,9-10,13-14H,6-8,11-12H2,1-3H3,(H,18,20). The third-order valence-corrected chi connectivity index (χ3v) is 5.50. The number of rotatable bonds is 7. The van der Waals surface area contributed by atoms with Crippen molar-refractivity contribution in [1.29, 1.82) is 0 Å². The lowest BCUT2D eigenvalue weighted by atomic mass is 9.85. The minimum Gasteiger partial charge on any atom is -0.354 e. The Kier molecular flexibility index (Phi) is 5.68. The summed E-state index contributed by atoms with van der Waals surface area (Å²) in [6, 6.07) is 7.53. The summed E-state index contributed by atoms with van der Waals surface area (Å²) in [4.78, 5) is 11.9. The third kappa shape index (κ3) is 4.47. The van der Waals surface area contributed by atoms with Gasteiger partial charge in [-0.25, -0.2) is 8.42 Å². The van der Waals surface area contributed by atoms with Crippen LogP contribution in [0.3, 0.4) is 0 Å². The topological polar surface area (TPSA) is 66.5 Å². The highest BCUT2D eigenvalue weighted by molar-refractivity contribution is 7.92. The number of amides is 1. The van der Waals surface area contributed by atoms with Gasteiger partial charge >= 0.3 is 0 Å². The average molecular weight is 338 g/mol. The molecule has 0 unspecified atom stereocenters. The fourth-order valence-corrected chi connectivity index (χ4v) is 3.71. The Balaban J connectivity index is 2.10. The SMILES string of the molecule is CC(C)c1ccccc1N(CCNC(=O)C1CCC1)S(C)(=O)=O. The second-order valence-corrected chi connectivity index (χ2v) is 8.37. The molecular formula is C17H26N2O3S. The van der Waals surface area contributed by atoms with Gasteiger partial charge in [-0.15, -0.1) is 0 Å². The Bertz CT molecular complexity index is 652. The van der Waals surface area contributed by atoms with Gasteiger partial charge in [0, 0.05) is 12.5 Å². The number of sulfonamides is 1. The van der Waals surface area contributed by atoms with Gasteiger partial charge in [0.2, 0.25) is 15.9 Å². The third-order valence-electron chi connectivity index (χ3n) is 4.32. The van der Waals surface area contributed by atoms with E-state index < -0.39 is 10.0 Å². The molecule has 5 nitrogen and oxygen atoms in total. The number of hydrogen-bond donors (Lipinski definition) is 1. The predicted octanol–water partition coefficient (Wildman–Crippen LogP) is 2.49. The molecule has 0 radical (unpaired) electrons. The van der Waals surface area contributed by atoms with E-state index in [1.54, 1.807) is 0 Å². The normalized spacial score (nSPS) is 15.3. The molecule has 1 aliphatic carbocycles. The van der Waals surface area contributed by atoms with Crippen LogP contribution < -0.4 is 9.62 Å². The van der Waals surface area contributed by atoms with Gasteiger partial charge in [-0.1, -0.05) is 38.5 Å². The van der Waals surface area contributed by atoms with Crippen molar-refractivity contribution in [3.05, 3.63) is 29.8 Å². The lowest BCUT2D eigenvalue weighted by molar-refractivity contribution is -0.127. The van der Waals surface area contributed by atoms with Gasteiger partial charge in [0.1, 0.15) is 0 Å². The van der Waals surface area contributed by atoms with Crippen LogP contribution in [0.1, 0.15) is 44.6 Å². The van der Waals surface area contributed by atoms with E-state index in [1.807, 2.05) is 38.1 Å². The first-order valence-electron chi connectivity index (χ1n) is 8.15. The second kappa shape index (κ2) is 7.34. The van der Waals surface area contributed by atoms with Crippen molar-refractivity contribution in [1.82, 2.24) is 5.32 Å². The van der Waals surface area contributed by atoms with Crippen molar-refractivity contribution < 1.29 is 13.2 Å². The Morgan fingerprint density at radius 2 is 1.96 bits per heavy atom. The number of carbonyl (C=O) groups excluding carboxylic acids is 1. The number of anilines is 1. The highest BCUT2D eigenvalue weighted by atomic mass is 32.2. The lowest BCUT2D eigenvalue weighted by Gasteiger charge is -2.28. The van der Waals surface area contributed by atoms with Crippen LogP contribution in [0.5, 0.6) is 0 Å². The molecular weight excluding hydrogens is 312 g/mol. The van der Waals surface area contributed by atoms with E-state index in [9.17, 15) is 13.2 Å². The minimum absolute atomic E-state index is 0.0434. The Morgan fingerprint density at radius 3 is 2.48 bits per heavy atom. The minimum atomic E-state index is -3.40. The van der Waals surface area contributed by atoms with Crippen molar-refractivity contribution in [2.45, 2.75) is 39.0 Å². The zero-order chi connectivity index (χ0) is 17.0. The van der Waals surface area contributed by atoms with Gasteiger partial charge in [0.05, 0.1) is 18.5 Å². The molecule has 1 amide bonds. The summed E-state index contributed by atoms with van der Waals surface area (Å²) in [6.45, 7) is 4.66. The zero-order valence-corrected chi connectivity index (χ0v) is 14.9. The van der Waals surface area contributed by atoms with E-state index in [0.29, 0.717) is 12.2 Å². The van der Waals surface area contributed by atoms with Crippen LogP contribution >= 0.6 is 0 Å². The van der Waals surface area contributed by atoms with Gasteiger partial charge in [-0.3, -0.25) is 9.10 Å². The molecule has 0 aromatic heterocycles. The van der Waals surface area contributed by atoms with Crippen molar-refractivity contribution >= 4 is 21.6 Å². The highest BCUT2D eigenvalue weighted by Crippen LogP contribution is 2.29. The molecule has 2 rings (SSSR count). The average Bonchev–Trinajstić information content (AvgIpc) is 2.40. The van der Waals surface area contributed by atoms with E-state index in [-0.39, 0.29) is 24.3 Å². The summed E-state index contributed by atoms with van der Waals surface area (Å²) in [5.74, 6) is 0.381.